The Morgan fingerprint density at radius 2 is 1.72 bits per heavy atom. The van der Waals surface area contributed by atoms with Crippen molar-refractivity contribution in [1.82, 2.24) is 19.6 Å². The van der Waals surface area contributed by atoms with Crippen molar-refractivity contribution in [3.05, 3.63) is 112 Å². The highest BCUT2D eigenvalue weighted by atomic mass is 32.2. The van der Waals surface area contributed by atoms with Gasteiger partial charge < -0.3 is 24.7 Å². The van der Waals surface area contributed by atoms with Gasteiger partial charge in [0, 0.05) is 80.9 Å². The average molecular weight is 900 g/mol. The molecule has 3 N–H and O–H groups in total. The van der Waals surface area contributed by atoms with E-state index < -0.39 is 31.4 Å². The van der Waals surface area contributed by atoms with Crippen LogP contribution in [0.5, 0.6) is 11.5 Å². The predicted molar refractivity (Wildman–Crippen MR) is 248 cm³/mol. The fourth-order valence-electron chi connectivity index (χ4n) is 11.4. The Morgan fingerprint density at radius 1 is 0.938 bits per heavy atom. The third-order valence-corrected chi connectivity index (χ3v) is 16.8. The van der Waals surface area contributed by atoms with Crippen LogP contribution in [0.15, 0.2) is 90.1 Å². The summed E-state index contributed by atoms with van der Waals surface area (Å²) in [6.07, 6.45) is 16.4. The zero-order valence-corrected chi connectivity index (χ0v) is 37.4. The SMILES string of the molecule is O=C(NS(=O)(=O)c1ccc(NCC2CCOCC2)c([N+](=O)[O-])c1)c1ccc(N2CCC3(CC2)CC(N2CC(C4CC4)CC2c2ccccc2C2CC2)C3)cc1Oc1cnc2[nH]ccc2c1. The number of benzene rings is 3. The van der Waals surface area contributed by atoms with Crippen LogP contribution in [0.2, 0.25) is 0 Å². The van der Waals surface area contributed by atoms with Crippen LogP contribution in [0.3, 0.4) is 0 Å². The molecule has 0 radical (unpaired) electrons. The number of fused-ring (bicyclic) bond motifs is 1. The fraction of sp³-hybridized carbons (Fsp3) is 0.480. The molecule has 3 aliphatic heterocycles. The number of pyridine rings is 1. The van der Waals surface area contributed by atoms with Gasteiger partial charge in [0.1, 0.15) is 22.8 Å². The lowest BCUT2D eigenvalue weighted by Crippen LogP contribution is -2.55. The number of hydrogen-bond acceptors (Lipinski definition) is 11. The van der Waals surface area contributed by atoms with Crippen LogP contribution in [0.4, 0.5) is 17.1 Å². The summed E-state index contributed by atoms with van der Waals surface area (Å²) in [7, 11) is -4.54. The summed E-state index contributed by atoms with van der Waals surface area (Å²) >= 11 is 0. The quantitative estimate of drug-likeness (QED) is 0.0717. The van der Waals surface area contributed by atoms with Crippen LogP contribution in [0.25, 0.3) is 11.0 Å². The number of H-pyrrole nitrogens is 1. The van der Waals surface area contributed by atoms with E-state index in [1.165, 1.54) is 63.6 Å². The van der Waals surface area contributed by atoms with E-state index >= 15 is 0 Å². The molecule has 11 rings (SSSR count). The largest absolute Gasteiger partial charge is 0.455 e. The number of piperidine rings is 1. The number of ether oxygens (including phenoxy) is 2. The number of anilines is 2. The molecule has 2 aromatic heterocycles. The van der Waals surface area contributed by atoms with Crippen molar-refractivity contribution in [2.24, 2.45) is 23.2 Å². The molecule has 2 unspecified atom stereocenters. The van der Waals surface area contributed by atoms with Crippen molar-refractivity contribution >= 4 is 44.0 Å². The second-order valence-electron chi connectivity index (χ2n) is 19.7. The van der Waals surface area contributed by atoms with Gasteiger partial charge in [-0.05, 0) is 147 Å². The number of nitro groups is 1. The second kappa shape index (κ2) is 17.0. The lowest BCUT2D eigenvalue weighted by molar-refractivity contribution is -0.384. The molecule has 5 aromatic rings. The van der Waals surface area contributed by atoms with Crippen LogP contribution in [0.1, 0.15) is 104 Å². The van der Waals surface area contributed by atoms with Gasteiger partial charge in [0.05, 0.1) is 21.6 Å². The molecule has 15 heteroatoms. The highest BCUT2D eigenvalue weighted by molar-refractivity contribution is 7.90. The lowest BCUT2D eigenvalue weighted by Gasteiger charge is -2.56. The first kappa shape index (κ1) is 42.1. The summed E-state index contributed by atoms with van der Waals surface area (Å²) in [6, 6.07) is 23.0. The minimum Gasteiger partial charge on any atom is -0.455 e. The Morgan fingerprint density at radius 3 is 2.48 bits per heavy atom. The smallest absolute Gasteiger partial charge is 0.293 e. The number of nitrogens with zero attached hydrogens (tertiary/aromatic N) is 4. The molecule has 3 aliphatic carbocycles. The van der Waals surface area contributed by atoms with E-state index in [1.807, 2.05) is 12.1 Å². The third kappa shape index (κ3) is 8.70. The average Bonchev–Trinajstić information content (AvgIpc) is 4.25. The topological polar surface area (TPSA) is 172 Å². The molecular weight excluding hydrogens is 843 g/mol. The molecule has 65 heavy (non-hydrogen) atoms. The van der Waals surface area contributed by atoms with Crippen molar-refractivity contribution in [3.63, 3.8) is 0 Å². The second-order valence-corrected chi connectivity index (χ2v) is 21.4. The first-order valence-electron chi connectivity index (χ1n) is 23.6. The number of sulfonamides is 1. The van der Waals surface area contributed by atoms with Gasteiger partial charge in [0.2, 0.25) is 0 Å². The van der Waals surface area contributed by atoms with Gasteiger partial charge in [-0.1, -0.05) is 24.3 Å². The standard InChI is InChI=1S/C50H57N7O7S/c58-49(54-65(61,62)40-10-12-44(46(26-40)57(59)60)52-29-32-14-21-63-22-15-32)43-11-9-37(25-47(43)64-39-23-35-13-18-51-48(35)53-30-39)55-19-16-50(17-20-55)27-38(28-50)56-31-36(33-5-6-33)24-45(56)42-4-2-1-3-41(42)34-7-8-34/h1-4,9-13,18,23,25-26,30,32-34,36,38,45,52H,5-8,14-17,19-22,24,27-29,31H2,(H,51,53)(H,54,58). The molecule has 3 saturated carbocycles. The van der Waals surface area contributed by atoms with Crippen LogP contribution >= 0.6 is 0 Å². The summed E-state index contributed by atoms with van der Waals surface area (Å²) < 4.78 is 41.4. The van der Waals surface area contributed by atoms with Gasteiger partial charge in [0.15, 0.2) is 0 Å². The van der Waals surface area contributed by atoms with E-state index in [-0.39, 0.29) is 22.9 Å². The van der Waals surface area contributed by atoms with Gasteiger partial charge in [-0.2, -0.15) is 0 Å². The number of rotatable bonds is 14. The monoisotopic (exact) mass is 899 g/mol. The zero-order chi connectivity index (χ0) is 44.3. The Labute approximate surface area is 379 Å². The number of likely N-dealkylation sites (tertiary alicyclic amines) is 1. The molecule has 5 heterocycles. The predicted octanol–water partition coefficient (Wildman–Crippen LogP) is 9.32. The molecule has 340 valence electrons. The first-order chi connectivity index (χ1) is 31.6. The van der Waals surface area contributed by atoms with E-state index in [9.17, 15) is 23.3 Å². The normalized spacial score (nSPS) is 22.8. The van der Waals surface area contributed by atoms with Crippen LogP contribution in [-0.4, -0.2) is 79.6 Å². The van der Waals surface area contributed by atoms with E-state index in [4.69, 9.17) is 9.47 Å². The Balaban J connectivity index is 0.793. The highest BCUT2D eigenvalue weighted by Crippen LogP contribution is 2.57. The number of amides is 1. The number of hydrogen-bond donors (Lipinski definition) is 3. The molecule has 0 bridgehead atoms. The van der Waals surface area contributed by atoms with E-state index in [0.717, 1.165) is 73.7 Å². The van der Waals surface area contributed by atoms with Crippen LogP contribution in [-0.2, 0) is 14.8 Å². The van der Waals surface area contributed by atoms with Gasteiger partial charge in [0.25, 0.3) is 21.6 Å². The molecule has 6 aliphatic rings. The van der Waals surface area contributed by atoms with Gasteiger partial charge in [-0.15, -0.1) is 0 Å². The van der Waals surface area contributed by atoms with Gasteiger partial charge in [-0.3, -0.25) is 19.8 Å². The fourth-order valence-corrected chi connectivity index (χ4v) is 12.4. The van der Waals surface area contributed by atoms with E-state index in [0.29, 0.717) is 48.7 Å². The summed E-state index contributed by atoms with van der Waals surface area (Å²) in [5.74, 6) is 2.39. The minimum absolute atomic E-state index is 0.000943. The molecule has 6 fully saturated rings. The number of aromatic nitrogens is 2. The van der Waals surface area contributed by atoms with Crippen LogP contribution in [0, 0.1) is 33.3 Å². The summed E-state index contributed by atoms with van der Waals surface area (Å²) in [5, 5.41) is 16.1. The summed E-state index contributed by atoms with van der Waals surface area (Å²) in [6.45, 7) is 4.72. The highest BCUT2D eigenvalue weighted by Gasteiger charge is 2.53. The maximum absolute atomic E-state index is 14.0. The molecule has 3 aromatic carbocycles. The zero-order valence-electron chi connectivity index (χ0n) is 36.6. The van der Waals surface area contributed by atoms with E-state index in [1.54, 1.807) is 41.7 Å². The Bertz CT molecular complexity index is 2710. The molecule has 1 amide bonds. The number of aromatic amines is 1. The number of carbonyl (C=O) groups excluding carboxylic acids is 1. The number of nitro benzene ring substituents is 1. The third-order valence-electron chi connectivity index (χ3n) is 15.5. The summed E-state index contributed by atoms with van der Waals surface area (Å²) in [4.78, 5) is 37.9. The maximum atomic E-state index is 14.0. The van der Waals surface area contributed by atoms with Crippen molar-refractivity contribution in [2.75, 3.05) is 49.6 Å². The van der Waals surface area contributed by atoms with Gasteiger partial charge >= 0.3 is 0 Å². The molecule has 1 spiro atoms. The minimum atomic E-state index is -4.54. The lowest BCUT2D eigenvalue weighted by atomic mass is 9.59. The Hall–Kier alpha value is -5.51. The van der Waals surface area contributed by atoms with E-state index in [2.05, 4.69) is 54.1 Å². The molecule has 3 saturated heterocycles. The molecular formula is C50H57N7O7S. The maximum Gasteiger partial charge on any atom is 0.293 e. The Kier molecular flexibility index (Phi) is 11.1. The van der Waals surface area contributed by atoms with Gasteiger partial charge in [-0.25, -0.2) is 18.1 Å². The number of nitrogens with one attached hydrogen (secondary N) is 3. The molecule has 2 atom stereocenters. The van der Waals surface area contributed by atoms with Crippen molar-refractivity contribution < 1.29 is 27.6 Å². The van der Waals surface area contributed by atoms with Crippen molar-refractivity contribution in [2.45, 2.75) is 93.5 Å². The summed E-state index contributed by atoms with van der Waals surface area (Å²) in [5.41, 5.74) is 4.88. The number of carbonyl (C=O) groups is 1. The first-order valence-corrected chi connectivity index (χ1v) is 25.1. The molecule has 14 nitrogen and oxygen atoms in total. The van der Waals surface area contributed by atoms with Crippen molar-refractivity contribution in [3.8, 4) is 11.5 Å². The van der Waals surface area contributed by atoms with Crippen molar-refractivity contribution in [1.29, 1.82) is 0 Å². The van der Waals surface area contributed by atoms with Crippen LogP contribution < -0.4 is 19.7 Å².